The molecule has 0 saturated heterocycles. The van der Waals surface area contributed by atoms with Gasteiger partial charge in [-0.2, -0.15) is 0 Å². The van der Waals surface area contributed by atoms with Crippen LogP contribution in [0.1, 0.15) is 361 Å². The zero-order valence-electron chi connectivity index (χ0n) is 53.3. The standard InChI is InChI=1S/C74H132O6/c1-4-7-10-13-16-19-22-25-28-30-32-33-34-35-36-37-38-39-40-41-43-44-46-49-52-55-58-61-64-67-73(76)79-70-71(69-78-72(75)66-63-60-57-54-51-48-27-24-21-18-15-12-9-6-3)80-74(77)68-65-62-59-56-53-50-47-45-42-31-29-26-23-20-17-14-11-8-5-2/h8,11,17,20,24,26-27,29-30,32,42,45,71H,4-7,9-10,12-16,18-19,21-23,25,28,31,33-41,43-44,46-70H2,1-3H3/b11-8-,20-17-,27-24-,29-26-,32-30-,45-42-. The van der Waals surface area contributed by atoms with Gasteiger partial charge in [0.2, 0.25) is 0 Å². The average molecular weight is 1120 g/mol. The van der Waals surface area contributed by atoms with Crippen molar-refractivity contribution in [1.29, 1.82) is 0 Å². The number of allylic oxidation sites excluding steroid dienone is 12. The molecular weight excluding hydrogens is 985 g/mol. The topological polar surface area (TPSA) is 78.9 Å². The Morgan fingerprint density at radius 3 is 0.775 bits per heavy atom. The Morgan fingerprint density at radius 1 is 0.263 bits per heavy atom. The zero-order chi connectivity index (χ0) is 57.8. The van der Waals surface area contributed by atoms with E-state index in [-0.39, 0.29) is 31.1 Å². The quantitative estimate of drug-likeness (QED) is 0.0261. The third kappa shape index (κ3) is 65.7. The first kappa shape index (κ1) is 76.9. The number of hydrogen-bond donors (Lipinski definition) is 0. The van der Waals surface area contributed by atoms with E-state index < -0.39 is 6.10 Å². The monoisotopic (exact) mass is 1120 g/mol. The number of rotatable bonds is 64. The van der Waals surface area contributed by atoms with Crippen molar-refractivity contribution in [3.8, 4) is 0 Å². The van der Waals surface area contributed by atoms with Crippen molar-refractivity contribution in [2.45, 2.75) is 367 Å². The second-order valence-electron chi connectivity index (χ2n) is 23.4. The van der Waals surface area contributed by atoms with Gasteiger partial charge in [-0.05, 0) is 109 Å². The summed E-state index contributed by atoms with van der Waals surface area (Å²) in [5.41, 5.74) is 0. The van der Waals surface area contributed by atoms with Crippen molar-refractivity contribution in [3.05, 3.63) is 72.9 Å². The number of ether oxygens (including phenoxy) is 3. The van der Waals surface area contributed by atoms with Gasteiger partial charge in [0.15, 0.2) is 6.10 Å². The van der Waals surface area contributed by atoms with Crippen molar-refractivity contribution in [2.24, 2.45) is 0 Å². The van der Waals surface area contributed by atoms with Gasteiger partial charge in [-0.1, -0.05) is 306 Å². The summed E-state index contributed by atoms with van der Waals surface area (Å²) in [7, 11) is 0. The van der Waals surface area contributed by atoms with Crippen LogP contribution in [0, 0.1) is 0 Å². The molecule has 0 rings (SSSR count). The Balaban J connectivity index is 4.24. The maximum Gasteiger partial charge on any atom is 0.306 e. The van der Waals surface area contributed by atoms with Gasteiger partial charge in [-0.3, -0.25) is 14.4 Å². The molecule has 1 atom stereocenters. The lowest BCUT2D eigenvalue weighted by Gasteiger charge is -2.18. The molecule has 80 heavy (non-hydrogen) atoms. The summed E-state index contributed by atoms with van der Waals surface area (Å²) in [5, 5.41) is 0. The Kier molecular flexibility index (Phi) is 65.7. The molecule has 0 aliphatic heterocycles. The minimum absolute atomic E-state index is 0.0812. The highest BCUT2D eigenvalue weighted by atomic mass is 16.6. The van der Waals surface area contributed by atoms with Gasteiger partial charge >= 0.3 is 17.9 Å². The molecule has 0 radical (unpaired) electrons. The summed E-state index contributed by atoms with van der Waals surface area (Å²) in [6, 6.07) is 0. The van der Waals surface area contributed by atoms with E-state index in [1.54, 1.807) is 0 Å². The first-order chi connectivity index (χ1) is 39.5. The number of carbonyl (C=O) groups is 3. The number of hydrogen-bond acceptors (Lipinski definition) is 6. The lowest BCUT2D eigenvalue weighted by molar-refractivity contribution is -0.167. The Labute approximate surface area is 497 Å². The van der Waals surface area contributed by atoms with E-state index in [1.165, 1.54) is 218 Å². The predicted molar refractivity (Wildman–Crippen MR) is 348 cm³/mol. The molecule has 0 aliphatic carbocycles. The van der Waals surface area contributed by atoms with Crippen molar-refractivity contribution in [3.63, 3.8) is 0 Å². The van der Waals surface area contributed by atoms with Crippen LogP contribution in [0.2, 0.25) is 0 Å². The van der Waals surface area contributed by atoms with E-state index in [2.05, 4.69) is 93.7 Å². The van der Waals surface area contributed by atoms with E-state index >= 15 is 0 Å². The summed E-state index contributed by atoms with van der Waals surface area (Å²) in [6.07, 6.45) is 89.3. The molecule has 0 amide bonds. The summed E-state index contributed by atoms with van der Waals surface area (Å²) in [6.45, 7) is 6.55. The molecular formula is C74H132O6. The third-order valence-electron chi connectivity index (χ3n) is 15.4. The molecule has 0 spiro atoms. The fourth-order valence-corrected chi connectivity index (χ4v) is 10.2. The van der Waals surface area contributed by atoms with E-state index in [0.717, 1.165) is 103 Å². The van der Waals surface area contributed by atoms with Gasteiger partial charge in [-0.15, -0.1) is 0 Å². The van der Waals surface area contributed by atoms with Gasteiger partial charge in [0.1, 0.15) is 13.2 Å². The van der Waals surface area contributed by atoms with Gasteiger partial charge in [0.05, 0.1) is 0 Å². The van der Waals surface area contributed by atoms with Crippen LogP contribution in [-0.4, -0.2) is 37.2 Å². The smallest absolute Gasteiger partial charge is 0.306 e. The lowest BCUT2D eigenvalue weighted by Crippen LogP contribution is -2.30. The van der Waals surface area contributed by atoms with Crippen LogP contribution in [0.15, 0.2) is 72.9 Å². The zero-order valence-corrected chi connectivity index (χ0v) is 53.3. The highest BCUT2D eigenvalue weighted by molar-refractivity contribution is 5.71. The molecule has 0 aromatic carbocycles. The van der Waals surface area contributed by atoms with Crippen LogP contribution >= 0.6 is 0 Å². The Morgan fingerprint density at radius 2 is 0.487 bits per heavy atom. The molecule has 0 fully saturated rings. The molecule has 6 nitrogen and oxygen atoms in total. The van der Waals surface area contributed by atoms with Crippen LogP contribution in [0.4, 0.5) is 0 Å². The van der Waals surface area contributed by atoms with Gasteiger partial charge < -0.3 is 14.2 Å². The Hall–Kier alpha value is -3.15. The molecule has 0 bridgehead atoms. The fraction of sp³-hybridized carbons (Fsp3) is 0.797. The van der Waals surface area contributed by atoms with E-state index in [1.807, 2.05) is 0 Å². The van der Waals surface area contributed by atoms with Crippen LogP contribution in [0.25, 0.3) is 0 Å². The number of esters is 3. The molecule has 0 aromatic heterocycles. The maximum absolute atomic E-state index is 12.9. The molecule has 1 unspecified atom stereocenters. The van der Waals surface area contributed by atoms with E-state index in [0.29, 0.717) is 19.3 Å². The van der Waals surface area contributed by atoms with Crippen molar-refractivity contribution >= 4 is 17.9 Å². The van der Waals surface area contributed by atoms with Crippen LogP contribution in [0.3, 0.4) is 0 Å². The summed E-state index contributed by atoms with van der Waals surface area (Å²) >= 11 is 0. The second-order valence-corrected chi connectivity index (χ2v) is 23.4. The summed E-state index contributed by atoms with van der Waals surface area (Å²) in [4.78, 5) is 38.4. The van der Waals surface area contributed by atoms with Gasteiger partial charge in [-0.25, -0.2) is 0 Å². The summed E-state index contributed by atoms with van der Waals surface area (Å²) in [5.74, 6) is -0.886. The van der Waals surface area contributed by atoms with Crippen LogP contribution in [-0.2, 0) is 28.6 Å². The average Bonchev–Trinajstić information content (AvgIpc) is 3.46. The molecule has 0 saturated carbocycles. The Bertz CT molecular complexity index is 1470. The van der Waals surface area contributed by atoms with Gasteiger partial charge in [0.25, 0.3) is 0 Å². The SMILES string of the molecule is CC/C=C\C/C=C\C/C=C\C/C=C\CCCCCCCCC(=O)OC(COC(=O)CCCCCCC/C=C\CCCCCCC)COC(=O)CCCCCCCCCCCCCCCCCCC/C=C\CCCCCCCCCC. The summed E-state index contributed by atoms with van der Waals surface area (Å²) < 4.78 is 17.0. The highest BCUT2D eigenvalue weighted by Crippen LogP contribution is 2.17. The first-order valence-electron chi connectivity index (χ1n) is 34.9. The normalized spacial score (nSPS) is 12.5. The van der Waals surface area contributed by atoms with E-state index in [4.69, 9.17) is 14.2 Å². The van der Waals surface area contributed by atoms with Crippen LogP contribution in [0.5, 0.6) is 0 Å². The first-order valence-corrected chi connectivity index (χ1v) is 34.9. The van der Waals surface area contributed by atoms with Crippen molar-refractivity contribution < 1.29 is 28.6 Å². The molecule has 0 heterocycles. The van der Waals surface area contributed by atoms with Crippen molar-refractivity contribution in [2.75, 3.05) is 13.2 Å². The molecule has 464 valence electrons. The largest absolute Gasteiger partial charge is 0.462 e. The lowest BCUT2D eigenvalue weighted by atomic mass is 10.0. The minimum Gasteiger partial charge on any atom is -0.462 e. The minimum atomic E-state index is -0.787. The molecule has 6 heteroatoms. The maximum atomic E-state index is 12.9. The predicted octanol–water partition coefficient (Wildman–Crippen LogP) is 24.1. The van der Waals surface area contributed by atoms with Crippen molar-refractivity contribution in [1.82, 2.24) is 0 Å². The highest BCUT2D eigenvalue weighted by Gasteiger charge is 2.19. The number of unbranched alkanes of at least 4 members (excludes halogenated alkanes) is 41. The van der Waals surface area contributed by atoms with E-state index in [9.17, 15) is 14.4 Å². The third-order valence-corrected chi connectivity index (χ3v) is 15.4. The molecule has 0 aromatic rings. The van der Waals surface area contributed by atoms with Gasteiger partial charge in [0, 0.05) is 19.3 Å². The van der Waals surface area contributed by atoms with Crippen LogP contribution < -0.4 is 0 Å². The number of carbonyl (C=O) groups excluding carboxylic acids is 3. The molecule has 0 N–H and O–H groups in total. The second kappa shape index (κ2) is 68.3. The fourth-order valence-electron chi connectivity index (χ4n) is 10.2. The molecule has 0 aliphatic rings.